The zero-order valence-corrected chi connectivity index (χ0v) is 8.06. The van der Waals surface area contributed by atoms with E-state index in [0.29, 0.717) is 6.42 Å². The molecule has 0 spiro atoms. The van der Waals surface area contributed by atoms with Crippen LogP contribution < -0.4 is 10.6 Å². The van der Waals surface area contributed by atoms with E-state index in [2.05, 4.69) is 16.6 Å². The molecule has 80 valence electrons. The lowest BCUT2D eigenvalue weighted by Crippen LogP contribution is -2.41. The van der Waals surface area contributed by atoms with Crippen molar-refractivity contribution in [3.8, 4) is 12.3 Å². The van der Waals surface area contributed by atoms with Crippen LogP contribution in [0.3, 0.4) is 0 Å². The molecule has 3 N–H and O–H groups in total. The standard InChI is InChI=1S/C10H12N2O3/c1-2-5-11-10(15)12-8-4-3-7(6-8)9(13)14/h1,3-4,7-8H,5-6H2,(H,13,14)(H2,11,12,15). The van der Waals surface area contributed by atoms with Crippen molar-refractivity contribution in [2.75, 3.05) is 6.54 Å². The van der Waals surface area contributed by atoms with Gasteiger partial charge in [0.05, 0.1) is 18.5 Å². The van der Waals surface area contributed by atoms with Gasteiger partial charge in [-0.2, -0.15) is 0 Å². The molecule has 2 amide bonds. The Labute approximate surface area is 87.5 Å². The molecule has 0 saturated carbocycles. The maximum Gasteiger partial charge on any atom is 0.316 e. The Kier molecular flexibility index (Phi) is 3.75. The molecule has 1 aliphatic carbocycles. The number of aliphatic carboxylic acids is 1. The summed E-state index contributed by atoms with van der Waals surface area (Å²) in [5, 5.41) is 13.7. The normalized spacial score (nSPS) is 23.1. The molecule has 0 radical (unpaired) electrons. The van der Waals surface area contributed by atoms with Crippen molar-refractivity contribution >= 4 is 12.0 Å². The Bertz CT molecular complexity index is 330. The van der Waals surface area contributed by atoms with E-state index >= 15 is 0 Å². The van der Waals surface area contributed by atoms with Crippen molar-refractivity contribution in [3.05, 3.63) is 12.2 Å². The minimum absolute atomic E-state index is 0.157. The number of hydrogen-bond acceptors (Lipinski definition) is 2. The molecule has 0 aromatic rings. The van der Waals surface area contributed by atoms with E-state index in [1.165, 1.54) is 0 Å². The van der Waals surface area contributed by atoms with E-state index in [1.807, 2.05) is 0 Å². The van der Waals surface area contributed by atoms with Crippen molar-refractivity contribution in [2.24, 2.45) is 5.92 Å². The van der Waals surface area contributed by atoms with Gasteiger partial charge in [-0.1, -0.05) is 18.1 Å². The first-order chi connectivity index (χ1) is 7.13. The predicted octanol–water partition coefficient (Wildman–Crippen LogP) is -0.0519. The van der Waals surface area contributed by atoms with Gasteiger partial charge in [0.2, 0.25) is 0 Å². The van der Waals surface area contributed by atoms with Gasteiger partial charge in [0, 0.05) is 0 Å². The van der Waals surface area contributed by atoms with E-state index in [-0.39, 0.29) is 18.6 Å². The van der Waals surface area contributed by atoms with Crippen LogP contribution in [0.5, 0.6) is 0 Å². The van der Waals surface area contributed by atoms with Gasteiger partial charge in [-0.25, -0.2) is 4.79 Å². The van der Waals surface area contributed by atoms with Gasteiger partial charge in [0.25, 0.3) is 0 Å². The summed E-state index contributed by atoms with van der Waals surface area (Å²) in [6, 6.07) is -0.613. The van der Waals surface area contributed by atoms with Crippen LogP contribution in [0.4, 0.5) is 4.79 Å². The summed E-state index contributed by atoms with van der Waals surface area (Å²) in [6.07, 6.45) is 8.60. The maximum absolute atomic E-state index is 11.1. The van der Waals surface area contributed by atoms with Crippen LogP contribution in [0, 0.1) is 18.3 Å². The molecule has 1 aliphatic rings. The Hall–Kier alpha value is -1.96. The van der Waals surface area contributed by atoms with Gasteiger partial charge in [-0.15, -0.1) is 6.42 Å². The molecule has 2 unspecified atom stereocenters. The highest BCUT2D eigenvalue weighted by Gasteiger charge is 2.25. The van der Waals surface area contributed by atoms with Gasteiger partial charge in [0.15, 0.2) is 0 Å². The summed E-state index contributed by atoms with van der Waals surface area (Å²) >= 11 is 0. The first-order valence-electron chi connectivity index (χ1n) is 4.52. The molecule has 1 rings (SSSR count). The highest BCUT2D eigenvalue weighted by molar-refractivity contribution is 5.76. The Balaban J connectivity index is 2.31. The Morgan fingerprint density at radius 1 is 1.53 bits per heavy atom. The third kappa shape index (κ3) is 3.35. The smallest absolute Gasteiger partial charge is 0.316 e. The highest BCUT2D eigenvalue weighted by Crippen LogP contribution is 2.17. The number of urea groups is 1. The second kappa shape index (κ2) is 5.05. The van der Waals surface area contributed by atoms with Gasteiger partial charge in [0.1, 0.15) is 0 Å². The van der Waals surface area contributed by atoms with Gasteiger partial charge < -0.3 is 15.7 Å². The molecule has 0 aliphatic heterocycles. The molecule has 0 fully saturated rings. The minimum Gasteiger partial charge on any atom is -0.481 e. The third-order valence-electron chi connectivity index (χ3n) is 2.07. The third-order valence-corrected chi connectivity index (χ3v) is 2.07. The molecule has 0 saturated heterocycles. The molecular weight excluding hydrogens is 196 g/mol. The number of carboxylic acids is 1. The van der Waals surface area contributed by atoms with Crippen LogP contribution in [0.25, 0.3) is 0 Å². The average Bonchev–Trinajstić information content (AvgIpc) is 2.63. The van der Waals surface area contributed by atoms with E-state index in [1.54, 1.807) is 12.2 Å². The fourth-order valence-corrected chi connectivity index (χ4v) is 1.34. The first kappa shape index (κ1) is 11.1. The fourth-order valence-electron chi connectivity index (χ4n) is 1.34. The topological polar surface area (TPSA) is 78.4 Å². The fraction of sp³-hybridized carbons (Fsp3) is 0.400. The molecular formula is C10H12N2O3. The van der Waals surface area contributed by atoms with Crippen molar-refractivity contribution in [1.82, 2.24) is 10.6 Å². The van der Waals surface area contributed by atoms with Crippen LogP contribution in [-0.4, -0.2) is 29.7 Å². The number of carboxylic acid groups (broad SMARTS) is 1. The zero-order valence-electron chi connectivity index (χ0n) is 8.06. The molecule has 5 nitrogen and oxygen atoms in total. The van der Waals surface area contributed by atoms with Gasteiger partial charge >= 0.3 is 12.0 Å². The highest BCUT2D eigenvalue weighted by atomic mass is 16.4. The van der Waals surface area contributed by atoms with E-state index in [4.69, 9.17) is 11.5 Å². The van der Waals surface area contributed by atoms with Crippen LogP contribution in [0.1, 0.15) is 6.42 Å². The van der Waals surface area contributed by atoms with E-state index < -0.39 is 11.9 Å². The Morgan fingerprint density at radius 2 is 2.27 bits per heavy atom. The predicted molar refractivity (Wildman–Crippen MR) is 54.0 cm³/mol. The minimum atomic E-state index is -0.875. The van der Waals surface area contributed by atoms with Gasteiger partial charge in [-0.3, -0.25) is 4.79 Å². The second-order valence-electron chi connectivity index (χ2n) is 3.20. The van der Waals surface area contributed by atoms with E-state index in [9.17, 15) is 9.59 Å². The molecule has 15 heavy (non-hydrogen) atoms. The zero-order chi connectivity index (χ0) is 11.3. The van der Waals surface area contributed by atoms with E-state index in [0.717, 1.165) is 0 Å². The van der Waals surface area contributed by atoms with Gasteiger partial charge in [-0.05, 0) is 6.42 Å². The molecule has 5 heteroatoms. The summed E-state index contributed by atoms with van der Waals surface area (Å²) in [5.74, 6) is 0.880. The molecule has 0 aromatic heterocycles. The average molecular weight is 208 g/mol. The summed E-state index contributed by atoms with van der Waals surface area (Å²) in [4.78, 5) is 21.7. The van der Waals surface area contributed by atoms with Crippen LogP contribution >= 0.6 is 0 Å². The summed E-state index contributed by atoms with van der Waals surface area (Å²) in [7, 11) is 0. The quantitative estimate of drug-likeness (QED) is 0.449. The number of rotatable bonds is 3. The SMILES string of the molecule is C#CCNC(=O)NC1C=CC(C(=O)O)C1. The summed E-state index contributed by atoms with van der Waals surface area (Å²) < 4.78 is 0. The molecule has 0 bridgehead atoms. The first-order valence-corrected chi connectivity index (χ1v) is 4.52. The summed E-state index contributed by atoms with van der Waals surface area (Å²) in [6.45, 7) is 0.157. The van der Waals surface area contributed by atoms with Crippen molar-refractivity contribution < 1.29 is 14.7 Å². The largest absolute Gasteiger partial charge is 0.481 e. The summed E-state index contributed by atoms with van der Waals surface area (Å²) in [5.41, 5.74) is 0. The molecule has 2 atom stereocenters. The number of nitrogens with one attached hydrogen (secondary N) is 2. The number of hydrogen-bond donors (Lipinski definition) is 3. The lowest BCUT2D eigenvalue weighted by Gasteiger charge is -2.11. The maximum atomic E-state index is 11.1. The second-order valence-corrected chi connectivity index (χ2v) is 3.20. The molecule has 0 aromatic carbocycles. The monoisotopic (exact) mass is 208 g/mol. The number of terminal acetylenes is 1. The van der Waals surface area contributed by atoms with Crippen LogP contribution in [0.2, 0.25) is 0 Å². The van der Waals surface area contributed by atoms with Crippen molar-refractivity contribution in [2.45, 2.75) is 12.5 Å². The molecule has 0 heterocycles. The van der Waals surface area contributed by atoms with Crippen LogP contribution in [-0.2, 0) is 4.79 Å². The van der Waals surface area contributed by atoms with Crippen molar-refractivity contribution in [1.29, 1.82) is 0 Å². The number of carbonyl (C=O) groups excluding carboxylic acids is 1. The van der Waals surface area contributed by atoms with Crippen molar-refractivity contribution in [3.63, 3.8) is 0 Å². The Morgan fingerprint density at radius 3 is 2.80 bits per heavy atom. The lowest BCUT2D eigenvalue weighted by atomic mass is 10.1. The number of carbonyl (C=O) groups is 2. The van der Waals surface area contributed by atoms with Crippen LogP contribution in [0.15, 0.2) is 12.2 Å². The number of amides is 2. The lowest BCUT2D eigenvalue weighted by molar-refractivity contribution is -0.140.